The first-order chi connectivity index (χ1) is 59.8. The van der Waals surface area contributed by atoms with E-state index in [4.69, 9.17) is 37.3 Å². The third-order valence-electron chi connectivity index (χ3n) is 27.0. The first kappa shape index (κ1) is 87.6. The van der Waals surface area contributed by atoms with Crippen LogP contribution in [0.1, 0.15) is 135 Å². The Bertz CT molecular complexity index is 6330. The van der Waals surface area contributed by atoms with Crippen LogP contribution in [0.5, 0.6) is 0 Å². The maximum absolute atomic E-state index is 12.9. The summed E-state index contributed by atoms with van der Waals surface area (Å²) in [6.45, 7) is 18.9. The van der Waals surface area contributed by atoms with Crippen LogP contribution in [0.2, 0.25) is 0 Å². The molecule has 4 aliphatic rings. The molecule has 4 aliphatic heterocycles. The fourth-order valence-electron chi connectivity index (χ4n) is 20.2. The Hall–Kier alpha value is -13.3. The van der Waals surface area contributed by atoms with Crippen LogP contribution in [0.4, 0.5) is 45.5 Å². The van der Waals surface area contributed by atoms with Crippen LogP contribution in [-0.2, 0) is 34.7 Å². The molecular formula is C100H88Cl2N8O16. The third kappa shape index (κ3) is 16.0. The molecule has 0 aromatic heterocycles. The Balaban J connectivity index is 0.00000116. The van der Waals surface area contributed by atoms with Gasteiger partial charge < -0.3 is 9.80 Å². The average Bonchev–Trinajstić information content (AvgIpc) is 1.56. The second-order valence-corrected chi connectivity index (χ2v) is 34.8. The van der Waals surface area contributed by atoms with Gasteiger partial charge in [0, 0.05) is 142 Å². The number of allylic oxidation sites excluding steroid dienone is 8. The van der Waals surface area contributed by atoms with E-state index in [1.165, 1.54) is 0 Å². The zero-order valence-corrected chi connectivity index (χ0v) is 72.0. The van der Waals surface area contributed by atoms with Crippen molar-refractivity contribution >= 4 is 100 Å². The summed E-state index contributed by atoms with van der Waals surface area (Å²) in [5.74, 6) is -0.580. The zero-order valence-electron chi connectivity index (χ0n) is 70.5. The van der Waals surface area contributed by atoms with Crippen molar-refractivity contribution in [2.75, 3.05) is 23.9 Å². The molecule has 0 radical (unpaired) electrons. The molecule has 13 aromatic rings. The predicted octanol–water partition coefficient (Wildman–Crippen LogP) is 14.4. The number of fused-ring (bicyclic) bond motifs is 12. The summed E-state index contributed by atoms with van der Waals surface area (Å²) in [4.78, 5) is 54.4. The Morgan fingerprint density at radius 2 is 0.571 bits per heavy atom. The van der Waals surface area contributed by atoms with Gasteiger partial charge >= 0.3 is 0 Å². The van der Waals surface area contributed by atoms with Crippen molar-refractivity contribution in [2.24, 2.45) is 0 Å². The normalized spacial score (nSPS) is 20.0. The molecule has 8 atom stereocenters. The van der Waals surface area contributed by atoms with Crippen molar-refractivity contribution in [3.63, 3.8) is 0 Å². The van der Waals surface area contributed by atoms with Crippen LogP contribution in [-0.4, -0.2) is 54.4 Å². The van der Waals surface area contributed by atoms with E-state index in [-0.39, 0.29) is 66.1 Å². The number of rotatable bonds is 20. The molecule has 13 aromatic carbocycles. The van der Waals surface area contributed by atoms with E-state index in [2.05, 4.69) is 283 Å². The van der Waals surface area contributed by atoms with Crippen LogP contribution in [0.3, 0.4) is 0 Å². The van der Waals surface area contributed by atoms with Crippen LogP contribution < -0.4 is 47.1 Å². The van der Waals surface area contributed by atoms with Gasteiger partial charge in [-0.05, 0) is 188 Å². The Labute approximate surface area is 730 Å². The summed E-state index contributed by atoms with van der Waals surface area (Å²) in [6.07, 6.45) is 13.2. The molecule has 4 heterocycles. The fourth-order valence-corrected chi connectivity index (χ4v) is 20.2. The molecule has 0 N–H and O–H groups in total. The second-order valence-electron chi connectivity index (χ2n) is 33.3. The summed E-state index contributed by atoms with van der Waals surface area (Å²) < 4.78 is 72.4. The van der Waals surface area contributed by atoms with Crippen molar-refractivity contribution in [1.29, 1.82) is 0 Å². The largest absolute Gasteiger partial charge is 0.339 e. The van der Waals surface area contributed by atoms with Gasteiger partial charge in [0.1, 0.15) is 14.1 Å². The van der Waals surface area contributed by atoms with Gasteiger partial charge in [0.25, 0.3) is 22.7 Å². The summed E-state index contributed by atoms with van der Waals surface area (Å²) in [7, 11) is -5.73. The number of nitro groups is 4. The summed E-state index contributed by atoms with van der Waals surface area (Å²) >= 11 is 0. The molecule has 0 aliphatic carbocycles. The lowest BCUT2D eigenvalue weighted by molar-refractivity contribution is -2.00. The maximum Gasteiger partial charge on any atom is 0.270 e. The van der Waals surface area contributed by atoms with Gasteiger partial charge in [-0.1, -0.05) is 198 Å². The quantitative estimate of drug-likeness (QED) is 0.0388. The predicted molar refractivity (Wildman–Crippen MR) is 466 cm³/mol. The molecule has 8 unspecified atom stereocenters. The smallest absolute Gasteiger partial charge is 0.270 e. The van der Waals surface area contributed by atoms with Crippen LogP contribution in [0.15, 0.2) is 315 Å². The molecule has 17 rings (SSSR count). The number of nitro benzene ring substituents is 4. The van der Waals surface area contributed by atoms with Gasteiger partial charge in [-0.15, -0.1) is 20.5 Å². The molecule has 0 amide bonds. The van der Waals surface area contributed by atoms with E-state index in [0.717, 1.165) is 144 Å². The highest BCUT2D eigenvalue weighted by atomic mass is 35.7. The number of hydrogen-bond acceptors (Lipinski definition) is 18. The first-order valence-corrected chi connectivity index (χ1v) is 43.2. The van der Waals surface area contributed by atoms with E-state index in [1.807, 2.05) is 60.7 Å². The molecule has 638 valence electrons. The summed E-state index contributed by atoms with van der Waals surface area (Å²) in [6, 6.07) is 88.0. The molecule has 0 saturated carbocycles. The lowest BCUT2D eigenvalue weighted by Gasteiger charge is -2.37. The number of non-ortho nitro benzene ring substituents is 4. The minimum absolute atomic E-state index is 0.00261. The lowest BCUT2D eigenvalue weighted by atomic mass is 9.66. The standard InChI is InChI=1S/C100H88N8O8.2ClHO4/c1-63(69-25-15-11-16-26-69)97(5)89(101(9)85-53-45-73-41-49-77(105(109)110)57-81(73)93(85)97)33-23-35-91-99(7,65(3)71-29-19-13-20-30-71)95-83-59-79(107(113)114)51-43-75(83)47-55-87(95)103(91)61-67-37-39-68(40-38-67)62-104-88-56-48-76-44-52-80(108(115)116)60-84(76)96(88)100(8,66(4)72-31-21-14-22-32-72)92(104)36-24-34-90-98(6,64(2)70-27-17-12-18-28-70)94-82-58-78(106(111)112)50-42-74(82)46-54-86(94)102(90)10;2*2-1(3,4)5/h11-60,63-66H,61-62H2,1-10H3;2*(H,2,3,4,5)/q+2;;/p-2. The fraction of sp³-hybridized carbons (Fsp3) is 0.200. The van der Waals surface area contributed by atoms with E-state index >= 15 is 0 Å². The van der Waals surface area contributed by atoms with Crippen LogP contribution in [0, 0.1) is 60.9 Å². The van der Waals surface area contributed by atoms with Crippen molar-refractivity contribution in [1.82, 2.24) is 0 Å². The van der Waals surface area contributed by atoms with Crippen LogP contribution >= 0.6 is 0 Å². The van der Waals surface area contributed by atoms with Gasteiger partial charge in [0.2, 0.25) is 11.4 Å². The molecule has 0 bridgehead atoms. The van der Waals surface area contributed by atoms with Crippen LogP contribution in [0.25, 0.3) is 43.1 Å². The molecule has 0 fully saturated rings. The van der Waals surface area contributed by atoms with E-state index in [0.29, 0.717) is 13.1 Å². The van der Waals surface area contributed by atoms with Crippen molar-refractivity contribution in [3.8, 4) is 0 Å². The van der Waals surface area contributed by atoms with Crippen molar-refractivity contribution in [2.45, 2.75) is 114 Å². The monoisotopic (exact) mass is 1730 g/mol. The lowest BCUT2D eigenvalue weighted by Crippen LogP contribution is -2.68. The molecule has 0 saturated heterocycles. The van der Waals surface area contributed by atoms with E-state index < -0.39 is 42.1 Å². The highest BCUT2D eigenvalue weighted by Crippen LogP contribution is 2.61. The van der Waals surface area contributed by atoms with E-state index in [9.17, 15) is 40.5 Å². The number of halogens is 2. The number of benzene rings is 13. The average molecular weight is 1730 g/mol. The van der Waals surface area contributed by atoms with Gasteiger partial charge in [0.05, 0.1) is 30.5 Å². The highest BCUT2D eigenvalue weighted by Gasteiger charge is 2.56. The van der Waals surface area contributed by atoms with Crippen molar-refractivity contribution < 1.29 is 86.6 Å². The Morgan fingerprint density at radius 1 is 0.333 bits per heavy atom. The maximum atomic E-state index is 12.9. The van der Waals surface area contributed by atoms with Gasteiger partial charge in [0.15, 0.2) is 11.4 Å². The van der Waals surface area contributed by atoms with Gasteiger partial charge in [-0.3, -0.25) is 40.5 Å². The molecule has 126 heavy (non-hydrogen) atoms. The number of nitrogens with zero attached hydrogens (tertiary/aromatic N) is 8. The summed E-state index contributed by atoms with van der Waals surface area (Å²) in [5, 5.41) is 57.7. The van der Waals surface area contributed by atoms with Gasteiger partial charge in [-0.2, -0.15) is 9.15 Å². The second kappa shape index (κ2) is 34.0. The zero-order chi connectivity index (χ0) is 90.0. The molecular weight excluding hydrogens is 1640 g/mol. The number of anilines is 2. The highest BCUT2D eigenvalue weighted by molar-refractivity contribution is 6.11. The molecule has 24 nitrogen and oxygen atoms in total. The Kier molecular flexibility index (Phi) is 23.6. The van der Waals surface area contributed by atoms with Gasteiger partial charge in [-0.25, -0.2) is 37.3 Å². The minimum Gasteiger partial charge on any atom is -0.339 e. The SMILES string of the molecule is CC(c1ccccc1)C1(C)C(/C=C/C=C2/N(Cc3ccc(CN4/C(=C/C=C/C5=[N+](C)c6ccc7ccc([N+](=O)[O-])cc7c6C5(C)C(C)c5ccccc5)C(C)(C(C)c5ccccc5)c5c4ccc4ccc([N+](=O)[O-])cc54)cc3)c3ccc4ccc([N+](=O)[O-])cc4c3C2(C)C(C)c2ccccc2)=[N+](C)c2ccc3ccc([N+](=O)[O-])cc3c21.[O-][Cl+3]([O-])([O-])[O-].[O-][Cl+3]([O-])([O-])[O-]. The van der Waals surface area contributed by atoms with Crippen molar-refractivity contribution in [3.05, 3.63) is 411 Å². The molecule has 26 heteroatoms. The third-order valence-corrected chi connectivity index (χ3v) is 27.0. The topological polar surface area (TPSA) is 370 Å². The summed E-state index contributed by atoms with van der Waals surface area (Å²) in [5.41, 5.74) is 15.1. The van der Waals surface area contributed by atoms with E-state index in [1.54, 1.807) is 48.5 Å². The molecule has 0 spiro atoms. The minimum atomic E-state index is -4.94. The Morgan fingerprint density at radius 3 is 0.833 bits per heavy atom. The first-order valence-electron chi connectivity index (χ1n) is 40.8. The number of hydrogen-bond donors (Lipinski definition) is 0.